The Morgan fingerprint density at radius 2 is 2.28 bits per heavy atom. The van der Waals surface area contributed by atoms with E-state index in [4.69, 9.17) is 5.73 Å². The Morgan fingerprint density at radius 3 is 2.94 bits per heavy atom. The van der Waals surface area contributed by atoms with Crippen LogP contribution in [0.4, 0.5) is 5.82 Å². The highest BCUT2D eigenvalue weighted by Crippen LogP contribution is 2.26. The molecule has 0 radical (unpaired) electrons. The third kappa shape index (κ3) is 2.82. The van der Waals surface area contributed by atoms with E-state index in [0.29, 0.717) is 6.04 Å². The van der Waals surface area contributed by atoms with E-state index in [1.165, 1.54) is 12.8 Å². The largest absolute Gasteiger partial charge is 0.355 e. The normalized spacial score (nSPS) is 22.3. The molecule has 4 nitrogen and oxygen atoms in total. The van der Waals surface area contributed by atoms with Crippen molar-refractivity contribution in [3.05, 3.63) is 23.9 Å². The summed E-state index contributed by atoms with van der Waals surface area (Å²) in [6, 6.07) is 4.71. The van der Waals surface area contributed by atoms with E-state index >= 15 is 0 Å². The number of likely N-dealkylation sites (N-methyl/N-ethyl adjacent to an activating group) is 1. The van der Waals surface area contributed by atoms with E-state index in [1.54, 1.807) is 0 Å². The molecule has 2 atom stereocenters. The number of hydrogen-bond acceptors (Lipinski definition) is 4. The molecule has 1 fully saturated rings. The molecular formula is C14H24N4. The van der Waals surface area contributed by atoms with Crippen LogP contribution in [-0.2, 0) is 0 Å². The molecule has 0 aliphatic carbocycles. The second-order valence-electron chi connectivity index (χ2n) is 5.41. The van der Waals surface area contributed by atoms with Gasteiger partial charge in [-0.3, -0.25) is 0 Å². The van der Waals surface area contributed by atoms with E-state index in [0.717, 1.165) is 24.5 Å². The highest BCUT2D eigenvalue weighted by atomic mass is 15.2. The maximum absolute atomic E-state index is 6.04. The van der Waals surface area contributed by atoms with Crippen molar-refractivity contribution >= 4 is 5.82 Å². The van der Waals surface area contributed by atoms with Crippen molar-refractivity contribution in [1.29, 1.82) is 0 Å². The van der Waals surface area contributed by atoms with Crippen LogP contribution in [0.3, 0.4) is 0 Å². The molecule has 1 aromatic rings. The average molecular weight is 248 g/mol. The Bertz CT molecular complexity index is 389. The zero-order chi connectivity index (χ0) is 13.1. The predicted octanol–water partition coefficient (Wildman–Crippen LogP) is 1.63. The first-order valence-electron chi connectivity index (χ1n) is 6.71. The van der Waals surface area contributed by atoms with E-state index in [2.05, 4.69) is 34.9 Å². The minimum Gasteiger partial charge on any atom is -0.355 e. The molecule has 2 rings (SSSR count). The van der Waals surface area contributed by atoms with Crippen molar-refractivity contribution in [3.63, 3.8) is 0 Å². The van der Waals surface area contributed by atoms with Gasteiger partial charge in [0.1, 0.15) is 5.82 Å². The van der Waals surface area contributed by atoms with Gasteiger partial charge in [0.2, 0.25) is 0 Å². The van der Waals surface area contributed by atoms with Gasteiger partial charge in [-0.05, 0) is 39.9 Å². The molecule has 4 heteroatoms. The van der Waals surface area contributed by atoms with Gasteiger partial charge in [0, 0.05) is 36.9 Å². The highest BCUT2D eigenvalue weighted by molar-refractivity contribution is 5.48. The molecular weight excluding hydrogens is 224 g/mol. The fraction of sp³-hybridized carbons (Fsp3) is 0.643. The fourth-order valence-electron chi connectivity index (χ4n) is 2.60. The summed E-state index contributed by atoms with van der Waals surface area (Å²) in [7, 11) is 4.30. The summed E-state index contributed by atoms with van der Waals surface area (Å²) >= 11 is 0. The van der Waals surface area contributed by atoms with E-state index < -0.39 is 0 Å². The predicted molar refractivity (Wildman–Crippen MR) is 75.8 cm³/mol. The van der Waals surface area contributed by atoms with Crippen LogP contribution in [0.5, 0.6) is 0 Å². The molecule has 18 heavy (non-hydrogen) atoms. The van der Waals surface area contributed by atoms with E-state index in [1.807, 2.05) is 19.2 Å². The molecule has 1 aliphatic heterocycles. The van der Waals surface area contributed by atoms with Crippen LogP contribution in [0.25, 0.3) is 0 Å². The number of hydrogen-bond donors (Lipinski definition) is 1. The van der Waals surface area contributed by atoms with E-state index in [9.17, 15) is 0 Å². The maximum atomic E-state index is 6.04. The van der Waals surface area contributed by atoms with Crippen LogP contribution in [-0.4, -0.2) is 43.1 Å². The van der Waals surface area contributed by atoms with Gasteiger partial charge in [0.25, 0.3) is 0 Å². The molecule has 1 aromatic heterocycles. The monoisotopic (exact) mass is 248 g/mol. The van der Waals surface area contributed by atoms with Crippen LogP contribution in [0.15, 0.2) is 18.3 Å². The van der Waals surface area contributed by atoms with Crippen LogP contribution in [0, 0.1) is 0 Å². The summed E-state index contributed by atoms with van der Waals surface area (Å²) in [4.78, 5) is 9.23. The van der Waals surface area contributed by atoms with Crippen molar-refractivity contribution in [3.8, 4) is 0 Å². The molecule has 0 amide bonds. The lowest BCUT2D eigenvalue weighted by Gasteiger charge is -2.37. The topological polar surface area (TPSA) is 45.4 Å². The first kappa shape index (κ1) is 13.3. The SMILES string of the molecule is CC(N)c1cccnc1N1CCCC(N(C)C)C1. The van der Waals surface area contributed by atoms with Gasteiger partial charge in [-0.2, -0.15) is 0 Å². The second kappa shape index (κ2) is 5.67. The van der Waals surface area contributed by atoms with Gasteiger partial charge in [-0.25, -0.2) is 4.98 Å². The van der Waals surface area contributed by atoms with Crippen molar-refractivity contribution < 1.29 is 0 Å². The molecule has 2 N–H and O–H groups in total. The average Bonchev–Trinajstić information content (AvgIpc) is 2.39. The summed E-state index contributed by atoms with van der Waals surface area (Å²) in [6.07, 6.45) is 4.35. The Balaban J connectivity index is 2.20. The van der Waals surface area contributed by atoms with Gasteiger partial charge < -0.3 is 15.5 Å². The van der Waals surface area contributed by atoms with Gasteiger partial charge in [0.05, 0.1) is 0 Å². The molecule has 0 saturated carbocycles. The van der Waals surface area contributed by atoms with Crippen molar-refractivity contribution in [2.75, 3.05) is 32.1 Å². The molecule has 100 valence electrons. The summed E-state index contributed by atoms with van der Waals surface area (Å²) < 4.78 is 0. The Hall–Kier alpha value is -1.13. The standard InChI is InChI=1S/C14H24N4/c1-11(15)13-7-4-8-16-14(13)18-9-5-6-12(10-18)17(2)3/h4,7-8,11-12H,5-6,9-10,15H2,1-3H3. The fourth-order valence-corrected chi connectivity index (χ4v) is 2.60. The summed E-state index contributed by atoms with van der Waals surface area (Å²) in [5, 5.41) is 0. The van der Waals surface area contributed by atoms with Crippen LogP contribution in [0.2, 0.25) is 0 Å². The number of anilines is 1. The second-order valence-corrected chi connectivity index (χ2v) is 5.41. The molecule has 1 saturated heterocycles. The lowest BCUT2D eigenvalue weighted by atomic mass is 10.0. The van der Waals surface area contributed by atoms with E-state index in [-0.39, 0.29) is 6.04 Å². The minimum atomic E-state index is 0.0356. The zero-order valence-electron chi connectivity index (χ0n) is 11.6. The number of nitrogens with zero attached hydrogens (tertiary/aromatic N) is 3. The third-order valence-corrected chi connectivity index (χ3v) is 3.73. The lowest BCUT2D eigenvalue weighted by molar-refractivity contribution is 0.257. The first-order valence-corrected chi connectivity index (χ1v) is 6.71. The number of pyridine rings is 1. The Kier molecular flexibility index (Phi) is 4.19. The maximum Gasteiger partial charge on any atom is 0.133 e. The van der Waals surface area contributed by atoms with Crippen molar-refractivity contribution in [2.45, 2.75) is 31.8 Å². The molecule has 0 aromatic carbocycles. The van der Waals surface area contributed by atoms with Gasteiger partial charge >= 0.3 is 0 Å². The lowest BCUT2D eigenvalue weighted by Crippen LogP contribution is -2.45. The van der Waals surface area contributed by atoms with Gasteiger partial charge in [-0.15, -0.1) is 0 Å². The Morgan fingerprint density at radius 1 is 1.50 bits per heavy atom. The van der Waals surface area contributed by atoms with Crippen LogP contribution in [0.1, 0.15) is 31.4 Å². The minimum absolute atomic E-state index is 0.0356. The molecule has 1 aliphatic rings. The quantitative estimate of drug-likeness (QED) is 0.883. The summed E-state index contributed by atoms with van der Waals surface area (Å²) in [5.74, 6) is 1.07. The van der Waals surface area contributed by atoms with Crippen molar-refractivity contribution in [1.82, 2.24) is 9.88 Å². The first-order chi connectivity index (χ1) is 8.59. The molecule has 2 unspecified atom stereocenters. The summed E-state index contributed by atoms with van der Waals surface area (Å²) in [5.41, 5.74) is 7.19. The van der Waals surface area contributed by atoms with Gasteiger partial charge in [-0.1, -0.05) is 6.07 Å². The van der Waals surface area contributed by atoms with Crippen LogP contribution >= 0.6 is 0 Å². The number of nitrogens with two attached hydrogens (primary N) is 1. The zero-order valence-corrected chi connectivity index (χ0v) is 11.6. The molecule has 0 bridgehead atoms. The highest BCUT2D eigenvalue weighted by Gasteiger charge is 2.24. The molecule has 2 heterocycles. The molecule has 0 spiro atoms. The smallest absolute Gasteiger partial charge is 0.133 e. The van der Waals surface area contributed by atoms with Crippen LogP contribution < -0.4 is 10.6 Å². The number of aromatic nitrogens is 1. The Labute approximate surface area is 110 Å². The van der Waals surface area contributed by atoms with Crippen molar-refractivity contribution in [2.24, 2.45) is 5.73 Å². The third-order valence-electron chi connectivity index (χ3n) is 3.73. The number of piperidine rings is 1. The number of rotatable bonds is 3. The summed E-state index contributed by atoms with van der Waals surface area (Å²) in [6.45, 7) is 4.15. The van der Waals surface area contributed by atoms with Gasteiger partial charge in [0.15, 0.2) is 0 Å².